The summed E-state index contributed by atoms with van der Waals surface area (Å²) in [4.78, 5) is 50.9. The fourth-order valence-electron chi connectivity index (χ4n) is 5.78. The first-order valence-electron chi connectivity index (χ1n) is 14.6. The Morgan fingerprint density at radius 1 is 1.11 bits per heavy atom. The normalized spacial score (nSPS) is 19.2. The van der Waals surface area contributed by atoms with Crippen molar-refractivity contribution in [2.24, 2.45) is 0 Å². The third-order valence-corrected chi connectivity index (χ3v) is 8.41. The Labute approximate surface area is 256 Å². The molecule has 2 saturated heterocycles. The summed E-state index contributed by atoms with van der Waals surface area (Å²) < 4.78 is 37.2. The molecule has 45 heavy (non-hydrogen) atoms. The number of aliphatic hydroxyl groups is 1. The maximum absolute atomic E-state index is 15.3. The van der Waals surface area contributed by atoms with Crippen molar-refractivity contribution in [3.05, 3.63) is 69.5 Å². The van der Waals surface area contributed by atoms with Gasteiger partial charge in [-0.25, -0.2) is 18.4 Å². The molecule has 234 valence electrons. The van der Waals surface area contributed by atoms with Gasteiger partial charge in [0.1, 0.15) is 29.4 Å². The molecule has 2 aromatic carbocycles. The van der Waals surface area contributed by atoms with Gasteiger partial charge in [0.2, 0.25) is 11.3 Å². The quantitative estimate of drug-likeness (QED) is 0.357. The summed E-state index contributed by atoms with van der Waals surface area (Å²) in [6, 6.07) is 6.23. The van der Waals surface area contributed by atoms with E-state index >= 15 is 8.78 Å². The van der Waals surface area contributed by atoms with Gasteiger partial charge in [0.25, 0.3) is 0 Å². The van der Waals surface area contributed by atoms with Crippen LogP contribution in [0, 0.1) is 23.5 Å². The van der Waals surface area contributed by atoms with Crippen LogP contribution in [0.3, 0.4) is 0 Å². The highest BCUT2D eigenvalue weighted by molar-refractivity contribution is 5.94. The molecule has 3 aromatic rings. The molecule has 1 saturated carbocycles. The molecule has 1 aromatic heterocycles. The predicted octanol–water partition coefficient (Wildman–Crippen LogP) is 3.16. The largest absolute Gasteiger partial charge is 0.477 e. The first-order valence-corrected chi connectivity index (χ1v) is 14.6. The highest BCUT2D eigenvalue weighted by Gasteiger charge is 2.35. The number of aromatic nitrogens is 1. The van der Waals surface area contributed by atoms with Crippen LogP contribution >= 0.6 is 0 Å². The number of cyclic esters (lactones) is 1. The van der Waals surface area contributed by atoms with E-state index in [1.807, 2.05) is 0 Å². The van der Waals surface area contributed by atoms with Crippen molar-refractivity contribution in [1.82, 2.24) is 9.88 Å². The van der Waals surface area contributed by atoms with Gasteiger partial charge in [-0.3, -0.25) is 14.5 Å². The predicted molar refractivity (Wildman–Crippen MR) is 159 cm³/mol. The Morgan fingerprint density at radius 3 is 2.49 bits per heavy atom. The Bertz CT molecular complexity index is 1850. The van der Waals surface area contributed by atoms with E-state index in [9.17, 15) is 29.4 Å². The molecule has 3 N–H and O–H groups in total. The summed E-state index contributed by atoms with van der Waals surface area (Å²) in [5.41, 5.74) is -1.68. The highest BCUT2D eigenvalue weighted by atomic mass is 19.1. The van der Waals surface area contributed by atoms with Crippen molar-refractivity contribution in [2.45, 2.75) is 50.3 Å². The lowest BCUT2D eigenvalue weighted by Gasteiger charge is -2.36. The molecule has 0 bridgehead atoms. The van der Waals surface area contributed by atoms with Crippen LogP contribution in [-0.4, -0.2) is 70.6 Å². The smallest absolute Gasteiger partial charge is 0.414 e. The lowest BCUT2D eigenvalue weighted by molar-refractivity contribution is -0.119. The van der Waals surface area contributed by atoms with E-state index in [0.717, 1.165) is 25.0 Å². The SMILES string of the molecule is CC(=O)NC[C@H]1COC(=O)N1c1ccc(C#CC2(O)CCN(c3cc4c(cc3F)c(=O)c(C(=O)O)cn4C3CC3)CC2)c(F)c1. The van der Waals surface area contributed by atoms with Gasteiger partial charge in [-0.05, 0) is 43.2 Å². The number of amides is 2. The van der Waals surface area contributed by atoms with Gasteiger partial charge in [-0.15, -0.1) is 0 Å². The van der Waals surface area contributed by atoms with Crippen LogP contribution in [0.2, 0.25) is 0 Å². The van der Waals surface area contributed by atoms with E-state index in [-0.39, 0.29) is 73.4 Å². The standard InChI is InChI=1S/C32H30F2N4O7/c1-18(39)35-15-22-17-45-31(43)38(22)21-3-2-19(25(33)12-21)6-7-32(44)8-10-36(11-9-32)28-14-27-23(13-26(28)34)29(40)24(30(41)42)16-37(27)20-4-5-20/h2-3,12-14,16,20,22,44H,4-5,8-11,15,17H2,1H3,(H,35,39)(H,41,42)/t22-/m0/s1. The monoisotopic (exact) mass is 620 g/mol. The summed E-state index contributed by atoms with van der Waals surface area (Å²) in [5.74, 6) is 2.44. The second kappa shape index (κ2) is 11.5. The lowest BCUT2D eigenvalue weighted by Crippen LogP contribution is -2.44. The van der Waals surface area contributed by atoms with Gasteiger partial charge in [0.05, 0.1) is 28.5 Å². The van der Waals surface area contributed by atoms with Crippen LogP contribution in [0.4, 0.5) is 25.0 Å². The number of piperidine rings is 1. The van der Waals surface area contributed by atoms with Crippen molar-refractivity contribution in [2.75, 3.05) is 36.0 Å². The minimum absolute atomic E-state index is 0.000322. The number of carboxylic acids is 1. The highest BCUT2D eigenvalue weighted by Crippen LogP contribution is 2.38. The summed E-state index contributed by atoms with van der Waals surface area (Å²) in [7, 11) is 0. The number of nitrogens with one attached hydrogen (secondary N) is 1. The van der Waals surface area contributed by atoms with Crippen molar-refractivity contribution in [3.8, 4) is 11.8 Å². The zero-order valence-electron chi connectivity index (χ0n) is 24.3. The number of aromatic carboxylic acids is 1. The van der Waals surface area contributed by atoms with E-state index in [2.05, 4.69) is 17.2 Å². The molecular weight excluding hydrogens is 590 g/mol. The Morgan fingerprint density at radius 2 is 1.84 bits per heavy atom. The molecule has 13 heteroatoms. The van der Waals surface area contributed by atoms with E-state index in [1.54, 1.807) is 15.5 Å². The third-order valence-electron chi connectivity index (χ3n) is 8.41. The van der Waals surface area contributed by atoms with Gasteiger partial charge in [0, 0.05) is 57.0 Å². The van der Waals surface area contributed by atoms with Gasteiger partial charge in [-0.2, -0.15) is 0 Å². The van der Waals surface area contributed by atoms with Gasteiger partial charge >= 0.3 is 12.1 Å². The molecule has 3 heterocycles. The number of nitrogens with zero attached hydrogens (tertiary/aromatic N) is 3. The zero-order chi connectivity index (χ0) is 32.0. The Kier molecular flexibility index (Phi) is 7.70. The number of hydrogen-bond donors (Lipinski definition) is 3. The number of fused-ring (bicyclic) bond motifs is 1. The fraction of sp³-hybridized carbons (Fsp3) is 0.375. The topological polar surface area (TPSA) is 141 Å². The molecule has 0 spiro atoms. The molecule has 3 aliphatic rings. The molecule has 0 unspecified atom stereocenters. The third kappa shape index (κ3) is 5.93. The molecule has 1 aliphatic carbocycles. The number of rotatable bonds is 6. The van der Waals surface area contributed by atoms with E-state index in [0.29, 0.717) is 5.52 Å². The van der Waals surface area contributed by atoms with E-state index in [4.69, 9.17) is 4.74 Å². The first kappa shape index (κ1) is 30.1. The van der Waals surface area contributed by atoms with Crippen LogP contribution in [0.1, 0.15) is 54.6 Å². The summed E-state index contributed by atoms with van der Waals surface area (Å²) in [6.45, 7) is 1.98. The molecular formula is C32H30F2N4O7. The number of carboxylic acid groups (broad SMARTS) is 1. The van der Waals surface area contributed by atoms with Crippen molar-refractivity contribution in [3.63, 3.8) is 0 Å². The maximum Gasteiger partial charge on any atom is 0.414 e. The molecule has 2 amide bonds. The number of ether oxygens (including phenoxy) is 1. The first-order chi connectivity index (χ1) is 21.4. The number of carbonyl (C=O) groups excluding carboxylic acids is 2. The van der Waals surface area contributed by atoms with E-state index < -0.39 is 46.3 Å². The maximum atomic E-state index is 15.3. The minimum atomic E-state index is -1.47. The van der Waals surface area contributed by atoms with Gasteiger partial charge < -0.3 is 29.7 Å². The number of carbonyl (C=O) groups is 3. The second-order valence-electron chi connectivity index (χ2n) is 11.6. The van der Waals surface area contributed by atoms with Crippen LogP contribution in [-0.2, 0) is 9.53 Å². The fourth-order valence-corrected chi connectivity index (χ4v) is 5.78. The number of halogens is 2. The number of anilines is 2. The Balaban J connectivity index is 1.18. The molecule has 3 fully saturated rings. The average molecular weight is 621 g/mol. The van der Waals surface area contributed by atoms with Crippen LogP contribution in [0.15, 0.2) is 41.3 Å². The number of hydrogen-bond acceptors (Lipinski definition) is 7. The lowest BCUT2D eigenvalue weighted by atomic mass is 9.91. The second-order valence-corrected chi connectivity index (χ2v) is 11.6. The van der Waals surface area contributed by atoms with Crippen LogP contribution in [0.5, 0.6) is 0 Å². The number of benzene rings is 2. The minimum Gasteiger partial charge on any atom is -0.477 e. The van der Waals surface area contributed by atoms with Gasteiger partial charge in [-0.1, -0.05) is 11.8 Å². The average Bonchev–Trinajstić information content (AvgIpc) is 3.77. The van der Waals surface area contributed by atoms with Crippen molar-refractivity contribution >= 4 is 40.2 Å². The zero-order valence-corrected chi connectivity index (χ0v) is 24.3. The summed E-state index contributed by atoms with van der Waals surface area (Å²) >= 11 is 0. The molecule has 2 aliphatic heterocycles. The molecule has 6 rings (SSSR count). The van der Waals surface area contributed by atoms with Gasteiger partial charge in [0.15, 0.2) is 0 Å². The van der Waals surface area contributed by atoms with Crippen LogP contribution in [0.25, 0.3) is 10.9 Å². The molecule has 11 nitrogen and oxygen atoms in total. The van der Waals surface area contributed by atoms with Crippen LogP contribution < -0.4 is 20.5 Å². The molecule has 1 atom stereocenters. The van der Waals surface area contributed by atoms with Crippen molar-refractivity contribution in [1.29, 1.82) is 0 Å². The number of pyridine rings is 1. The summed E-state index contributed by atoms with van der Waals surface area (Å²) in [6.07, 6.45) is 2.58. The summed E-state index contributed by atoms with van der Waals surface area (Å²) in [5, 5.41) is 23.2. The van der Waals surface area contributed by atoms with E-state index in [1.165, 1.54) is 30.2 Å². The van der Waals surface area contributed by atoms with Crippen molar-refractivity contribution < 1.29 is 38.1 Å². The Hall–Kier alpha value is -4.96. The molecule has 0 radical (unpaired) electrons.